The van der Waals surface area contributed by atoms with Crippen LogP contribution in [0.25, 0.3) is 0 Å². The second-order valence-electron chi connectivity index (χ2n) is 5.89. The van der Waals surface area contributed by atoms with E-state index in [0.717, 1.165) is 36.3 Å². The van der Waals surface area contributed by atoms with Crippen LogP contribution in [0.3, 0.4) is 0 Å². The molecule has 0 saturated heterocycles. The molecule has 0 atom stereocenters. The molecule has 0 bridgehead atoms. The first-order valence-corrected chi connectivity index (χ1v) is 8.33. The summed E-state index contributed by atoms with van der Waals surface area (Å²) < 4.78 is 15.6. The fraction of sp³-hybridized carbons (Fsp3) is 0.300. The summed E-state index contributed by atoms with van der Waals surface area (Å²) in [7, 11) is 4.67. The van der Waals surface area contributed by atoms with Crippen LogP contribution in [0.2, 0.25) is 0 Å². The Balaban J connectivity index is 1.84. The van der Waals surface area contributed by atoms with Crippen molar-refractivity contribution in [2.24, 2.45) is 5.16 Å². The Hall–Kier alpha value is -3.02. The number of carbonyl (C=O) groups is 1. The van der Waals surface area contributed by atoms with Crippen molar-refractivity contribution in [2.45, 2.75) is 19.3 Å². The first-order valence-electron chi connectivity index (χ1n) is 8.33. The minimum Gasteiger partial charge on any atom is -0.497 e. The standard InChI is InChI=1S/C20H21NO5/c1-23-15-8-7-13-5-4-6-19(18(13)12-15)21-26-20(22)14-9-16(24-2)11-17(10-14)25-3/h7-12H,4-6H2,1-3H3. The third kappa shape index (κ3) is 3.79. The highest BCUT2D eigenvalue weighted by atomic mass is 16.7. The first-order chi connectivity index (χ1) is 12.6. The zero-order chi connectivity index (χ0) is 18.5. The van der Waals surface area contributed by atoms with Crippen molar-refractivity contribution < 1.29 is 23.8 Å². The normalized spacial score (nSPS) is 14.5. The van der Waals surface area contributed by atoms with Crippen LogP contribution in [0.5, 0.6) is 17.2 Å². The highest BCUT2D eigenvalue weighted by molar-refractivity contribution is 6.03. The molecule has 6 heteroatoms. The molecule has 26 heavy (non-hydrogen) atoms. The van der Waals surface area contributed by atoms with E-state index in [1.165, 1.54) is 19.8 Å². The number of methoxy groups -OCH3 is 3. The molecule has 0 aromatic heterocycles. The van der Waals surface area contributed by atoms with Gasteiger partial charge in [0.15, 0.2) is 0 Å². The maximum Gasteiger partial charge on any atom is 0.366 e. The Kier molecular flexibility index (Phi) is 5.41. The molecule has 0 fully saturated rings. The lowest BCUT2D eigenvalue weighted by Crippen LogP contribution is -2.14. The van der Waals surface area contributed by atoms with Gasteiger partial charge in [0.05, 0.1) is 32.6 Å². The number of carbonyl (C=O) groups excluding carboxylic acids is 1. The SMILES string of the molecule is COc1cc(OC)cc(C(=O)ON=C2CCCc3ccc(OC)cc32)c1. The minimum absolute atomic E-state index is 0.312. The fourth-order valence-corrected chi connectivity index (χ4v) is 2.92. The quantitative estimate of drug-likeness (QED) is 0.605. The largest absolute Gasteiger partial charge is 0.497 e. The number of rotatable bonds is 5. The van der Waals surface area contributed by atoms with Crippen LogP contribution in [0.4, 0.5) is 0 Å². The summed E-state index contributed by atoms with van der Waals surface area (Å²) in [4.78, 5) is 17.6. The molecule has 136 valence electrons. The van der Waals surface area contributed by atoms with Crippen molar-refractivity contribution in [3.8, 4) is 17.2 Å². The zero-order valence-electron chi connectivity index (χ0n) is 15.1. The van der Waals surface area contributed by atoms with Crippen molar-refractivity contribution in [2.75, 3.05) is 21.3 Å². The summed E-state index contributed by atoms with van der Waals surface area (Å²) in [6.45, 7) is 0. The van der Waals surface area contributed by atoms with Crippen LogP contribution >= 0.6 is 0 Å². The average Bonchev–Trinajstić information content (AvgIpc) is 2.70. The third-order valence-corrected chi connectivity index (χ3v) is 4.31. The van der Waals surface area contributed by atoms with Crippen molar-refractivity contribution in [1.82, 2.24) is 0 Å². The number of hydrogen-bond donors (Lipinski definition) is 0. The lowest BCUT2D eigenvalue weighted by atomic mass is 9.90. The van der Waals surface area contributed by atoms with Gasteiger partial charge in [0.25, 0.3) is 0 Å². The van der Waals surface area contributed by atoms with Crippen LogP contribution in [0.1, 0.15) is 34.3 Å². The molecule has 1 aliphatic carbocycles. The number of ether oxygens (including phenoxy) is 3. The van der Waals surface area contributed by atoms with Crippen molar-refractivity contribution in [3.63, 3.8) is 0 Å². The second kappa shape index (κ2) is 7.91. The van der Waals surface area contributed by atoms with Gasteiger partial charge < -0.3 is 19.0 Å². The van der Waals surface area contributed by atoms with E-state index in [4.69, 9.17) is 19.0 Å². The summed E-state index contributed by atoms with van der Waals surface area (Å²) in [5.74, 6) is 1.21. The van der Waals surface area contributed by atoms with Gasteiger partial charge in [-0.1, -0.05) is 11.2 Å². The molecule has 0 aliphatic heterocycles. The molecule has 2 aromatic carbocycles. The Morgan fingerprint density at radius 2 is 1.58 bits per heavy atom. The Morgan fingerprint density at radius 3 is 2.23 bits per heavy atom. The average molecular weight is 355 g/mol. The van der Waals surface area contributed by atoms with Crippen LogP contribution in [0.15, 0.2) is 41.6 Å². The molecule has 6 nitrogen and oxygen atoms in total. The number of hydrogen-bond acceptors (Lipinski definition) is 6. The van der Waals surface area contributed by atoms with Crippen LogP contribution < -0.4 is 14.2 Å². The van der Waals surface area contributed by atoms with Crippen LogP contribution in [-0.2, 0) is 11.3 Å². The van der Waals surface area contributed by atoms with Gasteiger partial charge in [0, 0.05) is 11.6 Å². The lowest BCUT2D eigenvalue weighted by Gasteiger charge is -2.18. The number of nitrogens with zero attached hydrogens (tertiary/aromatic N) is 1. The summed E-state index contributed by atoms with van der Waals surface area (Å²) in [6.07, 6.45) is 2.68. The van der Waals surface area contributed by atoms with E-state index in [1.54, 1.807) is 25.3 Å². The van der Waals surface area contributed by atoms with E-state index in [-0.39, 0.29) is 0 Å². The topological polar surface area (TPSA) is 66.4 Å². The molecule has 0 heterocycles. The van der Waals surface area contributed by atoms with Crippen molar-refractivity contribution >= 4 is 11.7 Å². The Bertz CT molecular complexity index is 822. The van der Waals surface area contributed by atoms with E-state index < -0.39 is 5.97 Å². The number of oxime groups is 1. The highest BCUT2D eigenvalue weighted by Crippen LogP contribution is 2.27. The van der Waals surface area contributed by atoms with Crippen molar-refractivity contribution in [1.29, 1.82) is 0 Å². The second-order valence-corrected chi connectivity index (χ2v) is 5.89. The van der Waals surface area contributed by atoms with Crippen LogP contribution in [0, 0.1) is 0 Å². The maximum atomic E-state index is 12.4. The van der Waals surface area contributed by atoms with Gasteiger partial charge in [0.1, 0.15) is 17.2 Å². The van der Waals surface area contributed by atoms with Gasteiger partial charge in [0.2, 0.25) is 0 Å². The third-order valence-electron chi connectivity index (χ3n) is 4.31. The van der Waals surface area contributed by atoms with Crippen molar-refractivity contribution in [3.05, 3.63) is 53.1 Å². The Labute approximate surface area is 152 Å². The van der Waals surface area contributed by atoms with E-state index in [0.29, 0.717) is 17.1 Å². The van der Waals surface area contributed by atoms with E-state index in [1.807, 2.05) is 18.2 Å². The molecule has 0 spiro atoms. The first kappa shape index (κ1) is 17.8. The van der Waals surface area contributed by atoms with Gasteiger partial charge in [-0.3, -0.25) is 0 Å². The number of fused-ring (bicyclic) bond motifs is 1. The minimum atomic E-state index is -0.565. The molecule has 0 saturated carbocycles. The van der Waals surface area contributed by atoms with Gasteiger partial charge in [-0.25, -0.2) is 4.79 Å². The fourth-order valence-electron chi connectivity index (χ4n) is 2.92. The molecular formula is C20H21NO5. The predicted molar refractivity (Wildman–Crippen MR) is 97.4 cm³/mol. The monoisotopic (exact) mass is 355 g/mol. The summed E-state index contributed by atoms with van der Waals surface area (Å²) in [5, 5.41) is 4.12. The van der Waals surface area contributed by atoms with E-state index in [9.17, 15) is 4.79 Å². The molecule has 2 aromatic rings. The van der Waals surface area contributed by atoms with Gasteiger partial charge >= 0.3 is 5.97 Å². The molecule has 0 unspecified atom stereocenters. The summed E-state index contributed by atoms with van der Waals surface area (Å²) >= 11 is 0. The zero-order valence-corrected chi connectivity index (χ0v) is 15.1. The van der Waals surface area contributed by atoms with Gasteiger partial charge in [-0.2, -0.15) is 0 Å². The van der Waals surface area contributed by atoms with E-state index in [2.05, 4.69) is 5.16 Å². The lowest BCUT2D eigenvalue weighted by molar-refractivity contribution is 0.0514. The molecule has 1 aliphatic rings. The number of aryl methyl sites for hydroxylation is 1. The predicted octanol–water partition coefficient (Wildman–Crippen LogP) is 3.61. The maximum absolute atomic E-state index is 12.4. The number of benzene rings is 2. The highest BCUT2D eigenvalue weighted by Gasteiger charge is 2.18. The van der Waals surface area contributed by atoms with Crippen LogP contribution in [-0.4, -0.2) is 33.0 Å². The van der Waals surface area contributed by atoms with Gasteiger partial charge in [-0.05, 0) is 49.1 Å². The van der Waals surface area contributed by atoms with Gasteiger partial charge in [-0.15, -0.1) is 0 Å². The molecule has 3 rings (SSSR count). The summed E-state index contributed by atoms with van der Waals surface area (Å²) in [5.41, 5.74) is 3.20. The molecule has 0 amide bonds. The smallest absolute Gasteiger partial charge is 0.366 e. The Morgan fingerprint density at radius 1 is 0.885 bits per heavy atom. The molecule has 0 radical (unpaired) electrons. The van der Waals surface area contributed by atoms with E-state index >= 15 is 0 Å². The summed E-state index contributed by atoms with van der Waals surface area (Å²) in [6, 6.07) is 10.7. The molecular weight excluding hydrogens is 334 g/mol. The molecule has 0 N–H and O–H groups in total.